The number of rotatable bonds is 9. The summed E-state index contributed by atoms with van der Waals surface area (Å²) < 4.78 is 0. The number of ketones is 1. The Morgan fingerprint density at radius 3 is 2.91 bits per heavy atom. The van der Waals surface area contributed by atoms with Crippen LogP contribution in [0.25, 0.3) is 10.9 Å². The quantitative estimate of drug-likeness (QED) is 0.677. The summed E-state index contributed by atoms with van der Waals surface area (Å²) >= 11 is 0. The van der Waals surface area contributed by atoms with Gasteiger partial charge < -0.3 is 9.78 Å². The van der Waals surface area contributed by atoms with E-state index in [0.717, 1.165) is 32.2 Å². The fourth-order valence-electron chi connectivity index (χ4n) is 2.84. The zero-order chi connectivity index (χ0) is 15.8. The highest BCUT2D eigenvalue weighted by atomic mass is 16.1. The summed E-state index contributed by atoms with van der Waals surface area (Å²) in [6.07, 6.45) is 8.76. The van der Waals surface area contributed by atoms with Crippen LogP contribution in [0.3, 0.4) is 0 Å². The Hall–Kier alpha value is -1.90. The van der Waals surface area contributed by atoms with Crippen LogP contribution < -0.4 is 0 Å². The van der Waals surface area contributed by atoms with Crippen molar-refractivity contribution in [2.75, 3.05) is 6.54 Å². The second-order valence-corrected chi connectivity index (χ2v) is 5.96. The first-order valence-corrected chi connectivity index (χ1v) is 8.23. The lowest BCUT2D eigenvalue weighted by molar-refractivity contribution is -0.117. The maximum atomic E-state index is 11.3. The molecular formula is C19H26N2O. The smallest absolute Gasteiger partial charge is 0.129 e. The summed E-state index contributed by atoms with van der Waals surface area (Å²) in [7, 11) is 0. The number of carbonyl (C=O) groups excluding carboxylic acids is 1. The van der Waals surface area contributed by atoms with E-state index in [2.05, 4.69) is 47.4 Å². The molecule has 0 bridgehead atoms. The van der Waals surface area contributed by atoms with E-state index in [1.807, 2.05) is 6.21 Å². The Morgan fingerprint density at radius 1 is 1.32 bits per heavy atom. The second kappa shape index (κ2) is 8.52. The standard InChI is InChI=1S/C19H26N2O/c1-3-11-20-12-10-16(9-8-15(2)22)13-17-14-21-19-7-5-4-6-18(17)19/h4-7,11,14,16,21H,3,8-10,12-13H2,1-2H3. The number of fused-ring (bicyclic) bond motifs is 1. The molecule has 0 saturated carbocycles. The average molecular weight is 298 g/mol. The number of nitrogens with one attached hydrogen (secondary N) is 1. The number of para-hydroxylation sites is 1. The van der Waals surface area contributed by atoms with Crippen LogP contribution in [0.2, 0.25) is 0 Å². The number of nitrogens with zero attached hydrogens (tertiary/aromatic N) is 1. The number of hydrogen-bond donors (Lipinski definition) is 1. The number of Topliss-reactive ketones (excluding diaryl/α,β-unsaturated/α-hetero) is 1. The number of benzene rings is 1. The molecule has 1 aromatic carbocycles. The lowest BCUT2D eigenvalue weighted by atomic mass is 9.91. The number of aromatic amines is 1. The minimum atomic E-state index is 0.279. The third-order valence-electron chi connectivity index (χ3n) is 4.07. The van der Waals surface area contributed by atoms with Gasteiger partial charge in [0.1, 0.15) is 5.78 Å². The van der Waals surface area contributed by atoms with Crippen LogP contribution in [0.1, 0.15) is 45.1 Å². The van der Waals surface area contributed by atoms with E-state index in [1.54, 1.807) is 6.92 Å². The predicted octanol–water partition coefficient (Wildman–Crippen LogP) is 4.57. The molecule has 0 amide bonds. The van der Waals surface area contributed by atoms with Gasteiger partial charge in [-0.05, 0) is 56.4 Å². The SMILES string of the molecule is CCC=NCCC(CCC(C)=O)Cc1c[nH]c2ccccc12. The highest BCUT2D eigenvalue weighted by Crippen LogP contribution is 2.24. The Morgan fingerprint density at radius 2 is 2.14 bits per heavy atom. The molecule has 0 aliphatic rings. The third kappa shape index (κ3) is 4.83. The van der Waals surface area contributed by atoms with Crippen molar-refractivity contribution >= 4 is 22.9 Å². The lowest BCUT2D eigenvalue weighted by Gasteiger charge is -2.15. The van der Waals surface area contributed by atoms with Gasteiger partial charge in [0.05, 0.1) is 0 Å². The minimum Gasteiger partial charge on any atom is -0.361 e. The number of hydrogen-bond acceptors (Lipinski definition) is 2. The molecule has 118 valence electrons. The normalized spacial score (nSPS) is 13.0. The summed E-state index contributed by atoms with van der Waals surface area (Å²) in [5.41, 5.74) is 2.54. The maximum Gasteiger partial charge on any atom is 0.129 e. The molecule has 0 saturated heterocycles. The molecule has 3 nitrogen and oxygen atoms in total. The van der Waals surface area contributed by atoms with Crippen LogP contribution in [0.15, 0.2) is 35.5 Å². The highest BCUT2D eigenvalue weighted by molar-refractivity contribution is 5.83. The molecule has 2 rings (SSSR count). The van der Waals surface area contributed by atoms with Gasteiger partial charge in [0.25, 0.3) is 0 Å². The molecule has 1 N–H and O–H groups in total. The second-order valence-electron chi connectivity index (χ2n) is 5.96. The van der Waals surface area contributed by atoms with Crippen LogP contribution >= 0.6 is 0 Å². The Bertz CT molecular complexity index is 627. The zero-order valence-corrected chi connectivity index (χ0v) is 13.6. The van der Waals surface area contributed by atoms with Gasteiger partial charge in [-0.25, -0.2) is 0 Å². The van der Waals surface area contributed by atoms with Crippen LogP contribution in [-0.2, 0) is 11.2 Å². The summed E-state index contributed by atoms with van der Waals surface area (Å²) in [6.45, 7) is 4.64. The fourth-order valence-corrected chi connectivity index (χ4v) is 2.84. The van der Waals surface area contributed by atoms with Crippen LogP contribution in [0, 0.1) is 5.92 Å². The Labute approximate surface area is 132 Å². The molecule has 3 heteroatoms. The van der Waals surface area contributed by atoms with Crippen LogP contribution in [-0.4, -0.2) is 23.5 Å². The van der Waals surface area contributed by atoms with Crippen LogP contribution in [0.5, 0.6) is 0 Å². The van der Waals surface area contributed by atoms with Crippen molar-refractivity contribution < 1.29 is 4.79 Å². The van der Waals surface area contributed by atoms with E-state index in [0.29, 0.717) is 12.3 Å². The Balaban J connectivity index is 2.03. The van der Waals surface area contributed by atoms with Gasteiger partial charge >= 0.3 is 0 Å². The molecule has 1 unspecified atom stereocenters. The summed E-state index contributed by atoms with van der Waals surface area (Å²) in [4.78, 5) is 19.1. The maximum absolute atomic E-state index is 11.3. The molecule has 0 fully saturated rings. The molecule has 1 atom stereocenters. The van der Waals surface area contributed by atoms with Gasteiger partial charge in [0.2, 0.25) is 0 Å². The van der Waals surface area contributed by atoms with E-state index in [-0.39, 0.29) is 5.78 Å². The summed E-state index contributed by atoms with van der Waals surface area (Å²) in [6, 6.07) is 8.40. The molecule has 0 spiro atoms. The fraction of sp³-hybridized carbons (Fsp3) is 0.474. The molecule has 22 heavy (non-hydrogen) atoms. The van der Waals surface area contributed by atoms with Gasteiger partial charge in [-0.3, -0.25) is 4.99 Å². The van der Waals surface area contributed by atoms with Crippen molar-refractivity contribution in [3.05, 3.63) is 36.0 Å². The number of aromatic nitrogens is 1. The minimum absolute atomic E-state index is 0.279. The summed E-state index contributed by atoms with van der Waals surface area (Å²) in [5.74, 6) is 0.790. The van der Waals surface area contributed by atoms with E-state index >= 15 is 0 Å². The van der Waals surface area contributed by atoms with Crippen molar-refractivity contribution in [3.63, 3.8) is 0 Å². The van der Waals surface area contributed by atoms with Gasteiger partial charge in [-0.1, -0.05) is 25.1 Å². The van der Waals surface area contributed by atoms with Gasteiger partial charge in [-0.15, -0.1) is 0 Å². The first-order chi connectivity index (χ1) is 10.7. The topological polar surface area (TPSA) is 45.2 Å². The van der Waals surface area contributed by atoms with E-state index in [1.165, 1.54) is 16.5 Å². The molecule has 1 heterocycles. The highest BCUT2D eigenvalue weighted by Gasteiger charge is 2.13. The monoisotopic (exact) mass is 298 g/mol. The van der Waals surface area contributed by atoms with Gasteiger partial charge in [0.15, 0.2) is 0 Å². The van der Waals surface area contributed by atoms with Crippen molar-refractivity contribution in [2.24, 2.45) is 10.9 Å². The predicted molar refractivity (Wildman–Crippen MR) is 93.7 cm³/mol. The van der Waals surface area contributed by atoms with E-state index in [4.69, 9.17) is 0 Å². The first kappa shape index (κ1) is 16.5. The lowest BCUT2D eigenvalue weighted by Crippen LogP contribution is -2.08. The number of H-pyrrole nitrogens is 1. The molecular weight excluding hydrogens is 272 g/mol. The average Bonchev–Trinajstić information content (AvgIpc) is 2.92. The Kier molecular flexibility index (Phi) is 6.38. The van der Waals surface area contributed by atoms with Crippen LogP contribution in [0.4, 0.5) is 0 Å². The molecule has 0 aliphatic carbocycles. The number of aliphatic imine (C=N–C) groups is 1. The van der Waals surface area contributed by atoms with Gasteiger partial charge in [0, 0.05) is 30.1 Å². The molecule has 0 radical (unpaired) electrons. The third-order valence-corrected chi connectivity index (χ3v) is 4.07. The largest absolute Gasteiger partial charge is 0.361 e. The van der Waals surface area contributed by atoms with Gasteiger partial charge in [-0.2, -0.15) is 0 Å². The van der Waals surface area contributed by atoms with E-state index in [9.17, 15) is 4.79 Å². The van der Waals surface area contributed by atoms with Crippen molar-refractivity contribution in [2.45, 2.75) is 46.0 Å². The van der Waals surface area contributed by atoms with Crippen molar-refractivity contribution in [1.82, 2.24) is 4.98 Å². The van der Waals surface area contributed by atoms with Crippen molar-refractivity contribution in [3.8, 4) is 0 Å². The van der Waals surface area contributed by atoms with E-state index < -0.39 is 0 Å². The van der Waals surface area contributed by atoms with Crippen molar-refractivity contribution in [1.29, 1.82) is 0 Å². The zero-order valence-electron chi connectivity index (χ0n) is 13.6. The first-order valence-electron chi connectivity index (χ1n) is 8.23. The molecule has 2 aromatic rings. The molecule has 1 aromatic heterocycles. The number of carbonyl (C=O) groups is 1. The summed E-state index contributed by atoms with van der Waals surface area (Å²) in [5, 5.41) is 1.30. The molecule has 0 aliphatic heterocycles.